The highest BCUT2D eigenvalue weighted by Crippen LogP contribution is 2.15. The highest BCUT2D eigenvalue weighted by atomic mass is 28.3. The van der Waals surface area contributed by atoms with Gasteiger partial charge in [-0.3, -0.25) is 0 Å². The van der Waals surface area contributed by atoms with Crippen LogP contribution >= 0.6 is 0 Å². The summed E-state index contributed by atoms with van der Waals surface area (Å²) in [5, 5.41) is 9.22. The second kappa shape index (κ2) is 10.3. The lowest BCUT2D eigenvalue weighted by Gasteiger charge is -2.31. The fourth-order valence-electron chi connectivity index (χ4n) is 2.14. The Labute approximate surface area is 112 Å². The van der Waals surface area contributed by atoms with Crippen molar-refractivity contribution < 1.29 is 18.8 Å². The van der Waals surface area contributed by atoms with Gasteiger partial charge in [-0.05, 0) is 13.3 Å². The van der Waals surface area contributed by atoms with Crippen molar-refractivity contribution in [3.63, 3.8) is 0 Å². The summed E-state index contributed by atoms with van der Waals surface area (Å²) in [7, 11) is 1.27. The Morgan fingerprint density at radius 3 is 2.22 bits per heavy atom. The monoisotopic (exact) mass is 277 g/mol. The van der Waals surface area contributed by atoms with Gasteiger partial charge in [0.1, 0.15) is 0 Å². The number of carbonyl (C=O) groups is 1. The molecule has 0 saturated heterocycles. The second-order valence-corrected chi connectivity index (χ2v) is 6.77. The van der Waals surface area contributed by atoms with Crippen molar-refractivity contribution in [1.82, 2.24) is 4.90 Å². The van der Waals surface area contributed by atoms with Gasteiger partial charge in [0.15, 0.2) is 0 Å². The first-order chi connectivity index (χ1) is 8.62. The maximum atomic E-state index is 11.2. The second-order valence-electron chi connectivity index (χ2n) is 4.33. The van der Waals surface area contributed by atoms with E-state index in [4.69, 9.17) is 8.85 Å². The quantitative estimate of drug-likeness (QED) is 0.492. The molecular weight excluding hydrogens is 250 g/mol. The third-order valence-corrected chi connectivity index (χ3v) is 5.37. The van der Waals surface area contributed by atoms with Crippen molar-refractivity contribution in [2.24, 2.45) is 0 Å². The van der Waals surface area contributed by atoms with Gasteiger partial charge in [0.25, 0.3) is 0 Å². The molecule has 0 aromatic rings. The summed E-state index contributed by atoms with van der Waals surface area (Å²) >= 11 is 0. The van der Waals surface area contributed by atoms with E-state index in [9.17, 15) is 9.90 Å². The van der Waals surface area contributed by atoms with Gasteiger partial charge in [0.2, 0.25) is 0 Å². The third-order valence-electron chi connectivity index (χ3n) is 3.12. The molecule has 0 aromatic carbocycles. The van der Waals surface area contributed by atoms with Gasteiger partial charge in [-0.2, -0.15) is 0 Å². The van der Waals surface area contributed by atoms with Crippen molar-refractivity contribution in [1.29, 1.82) is 0 Å². The van der Waals surface area contributed by atoms with Gasteiger partial charge < -0.3 is 18.9 Å². The average Bonchev–Trinajstić information content (AvgIpc) is 2.35. The van der Waals surface area contributed by atoms with Crippen LogP contribution < -0.4 is 0 Å². The summed E-state index contributed by atoms with van der Waals surface area (Å²) in [5.41, 5.74) is -0.0978. The van der Waals surface area contributed by atoms with E-state index >= 15 is 0 Å². The molecule has 1 unspecified atom stereocenters. The van der Waals surface area contributed by atoms with Crippen LogP contribution in [0.15, 0.2) is 0 Å². The molecule has 0 saturated carbocycles. The molecule has 18 heavy (non-hydrogen) atoms. The van der Waals surface area contributed by atoms with Crippen LogP contribution in [0.3, 0.4) is 0 Å². The molecule has 0 aliphatic carbocycles. The summed E-state index contributed by atoms with van der Waals surface area (Å²) in [5.74, 6) is 0. The van der Waals surface area contributed by atoms with Crippen molar-refractivity contribution in [2.45, 2.75) is 51.6 Å². The maximum Gasteiger partial charge on any atom is 0.407 e. The molecule has 0 aromatic heterocycles. The fourth-order valence-corrected chi connectivity index (χ4v) is 4.10. The molecule has 0 aliphatic heterocycles. The van der Waals surface area contributed by atoms with E-state index in [1.54, 1.807) is 14.2 Å². The zero-order valence-corrected chi connectivity index (χ0v) is 13.2. The maximum absolute atomic E-state index is 11.2. The Morgan fingerprint density at radius 1 is 1.22 bits per heavy atom. The molecule has 1 atom stereocenters. The van der Waals surface area contributed by atoms with E-state index in [1.807, 2.05) is 6.92 Å². The minimum absolute atomic E-state index is 0.0978. The molecule has 0 aliphatic rings. The summed E-state index contributed by atoms with van der Waals surface area (Å²) < 4.78 is 10.7. The zero-order valence-electron chi connectivity index (χ0n) is 12.0. The molecule has 6 heteroatoms. The Bertz CT molecular complexity index is 224. The van der Waals surface area contributed by atoms with Crippen LogP contribution in [0.1, 0.15) is 46.0 Å². The van der Waals surface area contributed by atoms with Crippen LogP contribution in [0.2, 0.25) is 0 Å². The predicted octanol–water partition coefficient (Wildman–Crippen LogP) is 2.38. The first kappa shape index (κ1) is 17.4. The fraction of sp³-hybridized carbons (Fsp3) is 0.917. The number of unbranched alkanes of at least 4 members (excludes halogenated alkanes) is 3. The average molecular weight is 277 g/mol. The number of rotatable bonds is 10. The number of amides is 1. The molecule has 5 nitrogen and oxygen atoms in total. The summed E-state index contributed by atoms with van der Waals surface area (Å²) in [6.07, 6.45) is 4.48. The number of carboxylic acid groups (broad SMARTS) is 1. The first-order valence-corrected chi connectivity index (χ1v) is 8.28. The minimum Gasteiger partial charge on any atom is -0.465 e. The van der Waals surface area contributed by atoms with Gasteiger partial charge in [0.05, 0.1) is 5.67 Å². The topological polar surface area (TPSA) is 59.0 Å². The van der Waals surface area contributed by atoms with E-state index in [1.165, 1.54) is 17.7 Å². The van der Waals surface area contributed by atoms with Crippen LogP contribution in [0.4, 0.5) is 4.79 Å². The molecule has 1 N–H and O–H groups in total. The van der Waals surface area contributed by atoms with E-state index in [-0.39, 0.29) is 5.67 Å². The molecular formula is C12H27NO4Si. The third kappa shape index (κ3) is 5.84. The lowest BCUT2D eigenvalue weighted by atomic mass is 10.1. The molecule has 0 heterocycles. The molecule has 0 bridgehead atoms. The summed E-state index contributed by atoms with van der Waals surface area (Å²) in [4.78, 5) is 12.7. The highest BCUT2D eigenvalue weighted by molar-refractivity contribution is 6.46. The number of hydrogen-bond acceptors (Lipinski definition) is 3. The predicted molar refractivity (Wildman–Crippen MR) is 74.1 cm³/mol. The van der Waals surface area contributed by atoms with Crippen LogP contribution in [0.5, 0.6) is 0 Å². The standard InChI is InChI=1S/C12H27NO4Si/c1-5-7-8-9-10-11(18(16-3)17-4)13(6-2)12(14)15/h11,18H,5-10H2,1-4H3,(H,14,15). The number of nitrogens with zero attached hydrogens (tertiary/aromatic N) is 1. The molecule has 1 amide bonds. The largest absolute Gasteiger partial charge is 0.465 e. The lowest BCUT2D eigenvalue weighted by molar-refractivity contribution is 0.125. The smallest absolute Gasteiger partial charge is 0.407 e. The molecule has 0 rings (SSSR count). The van der Waals surface area contributed by atoms with Crippen molar-refractivity contribution in [2.75, 3.05) is 20.8 Å². The molecule has 108 valence electrons. The molecule has 0 spiro atoms. The Balaban J connectivity index is 4.53. The Kier molecular flexibility index (Phi) is 10.00. The minimum atomic E-state index is -1.95. The molecule has 0 radical (unpaired) electrons. The zero-order chi connectivity index (χ0) is 14.0. The molecule has 0 fully saturated rings. The van der Waals surface area contributed by atoms with E-state index in [0.717, 1.165) is 19.3 Å². The van der Waals surface area contributed by atoms with Crippen molar-refractivity contribution >= 4 is 15.4 Å². The van der Waals surface area contributed by atoms with Gasteiger partial charge in [-0.25, -0.2) is 4.79 Å². The van der Waals surface area contributed by atoms with Gasteiger partial charge in [-0.1, -0.05) is 32.6 Å². The summed E-state index contributed by atoms with van der Waals surface area (Å²) in [6.45, 7) is 4.49. The van der Waals surface area contributed by atoms with E-state index in [2.05, 4.69) is 6.92 Å². The van der Waals surface area contributed by atoms with Gasteiger partial charge in [0, 0.05) is 20.8 Å². The van der Waals surface area contributed by atoms with Crippen LogP contribution in [-0.4, -0.2) is 51.8 Å². The normalized spacial score (nSPS) is 12.7. The first-order valence-electron chi connectivity index (χ1n) is 6.67. The summed E-state index contributed by atoms with van der Waals surface area (Å²) in [6, 6.07) is 0. The van der Waals surface area contributed by atoms with E-state index < -0.39 is 15.4 Å². The van der Waals surface area contributed by atoms with Crippen LogP contribution in [0.25, 0.3) is 0 Å². The van der Waals surface area contributed by atoms with Crippen LogP contribution in [0, 0.1) is 0 Å². The Morgan fingerprint density at radius 2 is 1.83 bits per heavy atom. The van der Waals surface area contributed by atoms with Crippen molar-refractivity contribution in [3.05, 3.63) is 0 Å². The highest BCUT2D eigenvalue weighted by Gasteiger charge is 2.32. The van der Waals surface area contributed by atoms with E-state index in [0.29, 0.717) is 6.54 Å². The Hall–Kier alpha value is -0.593. The lowest BCUT2D eigenvalue weighted by Crippen LogP contribution is -2.50. The van der Waals surface area contributed by atoms with Gasteiger partial charge in [-0.15, -0.1) is 0 Å². The SMILES string of the molecule is CCCCCCC(N(CC)C(=O)O)[SiH](OC)OC. The van der Waals surface area contributed by atoms with Gasteiger partial charge >= 0.3 is 15.4 Å². The van der Waals surface area contributed by atoms with Crippen molar-refractivity contribution in [3.8, 4) is 0 Å². The van der Waals surface area contributed by atoms with Crippen LogP contribution in [-0.2, 0) is 8.85 Å². The number of hydrogen-bond donors (Lipinski definition) is 1.